The monoisotopic (exact) mass is 500 g/mol. The van der Waals surface area contributed by atoms with E-state index in [0.717, 1.165) is 22.7 Å². The summed E-state index contributed by atoms with van der Waals surface area (Å²) in [5.41, 5.74) is 2.58. The number of aromatic nitrogens is 3. The summed E-state index contributed by atoms with van der Waals surface area (Å²) >= 11 is 21.3. The van der Waals surface area contributed by atoms with Crippen molar-refractivity contribution in [1.82, 2.24) is 14.8 Å². The van der Waals surface area contributed by atoms with Crippen LogP contribution in [0.5, 0.6) is 0 Å². The Bertz CT molecular complexity index is 1060. The second kappa shape index (κ2) is 10.8. The molecule has 2 aromatic carbocycles. The predicted molar refractivity (Wildman–Crippen MR) is 128 cm³/mol. The maximum absolute atomic E-state index is 12.3. The van der Waals surface area contributed by atoms with Crippen LogP contribution < -0.4 is 5.32 Å². The number of hydrogen-bond donors (Lipinski definition) is 1. The quantitative estimate of drug-likeness (QED) is 0.370. The molecule has 0 radical (unpaired) electrons. The van der Waals surface area contributed by atoms with Gasteiger partial charge in [0.05, 0.1) is 11.5 Å². The zero-order chi connectivity index (χ0) is 21.7. The number of nitrogens with zero attached hydrogens (tertiary/aromatic N) is 3. The topological polar surface area (TPSA) is 59.8 Å². The highest BCUT2D eigenvalue weighted by Crippen LogP contribution is 2.27. The molecule has 1 heterocycles. The molecule has 1 amide bonds. The van der Waals surface area contributed by atoms with Crippen LogP contribution in [0.15, 0.2) is 41.6 Å². The molecule has 10 heteroatoms. The first-order valence-electron chi connectivity index (χ1n) is 8.93. The van der Waals surface area contributed by atoms with Gasteiger partial charge in [-0.1, -0.05) is 58.7 Å². The number of halogens is 3. The van der Waals surface area contributed by atoms with E-state index in [1.54, 1.807) is 23.9 Å². The van der Waals surface area contributed by atoms with Gasteiger partial charge in [-0.2, -0.15) is 0 Å². The lowest BCUT2D eigenvalue weighted by Crippen LogP contribution is -2.15. The first-order chi connectivity index (χ1) is 14.3. The Morgan fingerprint density at radius 1 is 1.10 bits per heavy atom. The third kappa shape index (κ3) is 6.08. The third-order valence-corrected chi connectivity index (χ3v) is 7.30. The lowest BCUT2D eigenvalue weighted by molar-refractivity contribution is -0.113. The standard InChI is InChI=1S/C20H19Cl3N4OS2/c1-12-15(22)4-3-5-17(12)24-19(28)11-30-20-26-25-18(27(20)2)10-29-9-13-6-7-14(21)8-16(13)23/h3-8H,9-11H2,1-2H3,(H,24,28). The van der Waals surface area contributed by atoms with E-state index in [1.165, 1.54) is 11.8 Å². The van der Waals surface area contributed by atoms with Gasteiger partial charge in [0.15, 0.2) is 5.16 Å². The summed E-state index contributed by atoms with van der Waals surface area (Å²) in [5.74, 6) is 2.36. The van der Waals surface area contributed by atoms with Gasteiger partial charge in [0, 0.05) is 33.6 Å². The molecule has 0 saturated heterocycles. The molecule has 0 atom stereocenters. The Hall–Kier alpha value is -1.38. The molecular formula is C20H19Cl3N4OS2. The molecule has 1 aromatic heterocycles. The summed E-state index contributed by atoms with van der Waals surface area (Å²) in [6.07, 6.45) is 0. The van der Waals surface area contributed by atoms with Gasteiger partial charge in [-0.15, -0.1) is 22.0 Å². The van der Waals surface area contributed by atoms with Crippen molar-refractivity contribution in [3.05, 3.63) is 68.4 Å². The van der Waals surface area contributed by atoms with E-state index in [-0.39, 0.29) is 11.7 Å². The van der Waals surface area contributed by atoms with Crippen LogP contribution in [0.25, 0.3) is 0 Å². The number of anilines is 1. The average molecular weight is 502 g/mol. The number of carbonyl (C=O) groups excluding carboxylic acids is 1. The average Bonchev–Trinajstić information content (AvgIpc) is 3.05. The number of nitrogens with one attached hydrogen (secondary N) is 1. The second-order valence-electron chi connectivity index (χ2n) is 6.44. The smallest absolute Gasteiger partial charge is 0.234 e. The van der Waals surface area contributed by atoms with E-state index < -0.39 is 0 Å². The molecule has 0 unspecified atom stereocenters. The number of hydrogen-bond acceptors (Lipinski definition) is 5. The van der Waals surface area contributed by atoms with Gasteiger partial charge in [-0.05, 0) is 42.3 Å². The molecule has 0 aliphatic carbocycles. The van der Waals surface area contributed by atoms with Crippen LogP contribution in [-0.2, 0) is 23.3 Å². The van der Waals surface area contributed by atoms with Gasteiger partial charge in [0.2, 0.25) is 5.91 Å². The Morgan fingerprint density at radius 3 is 2.67 bits per heavy atom. The van der Waals surface area contributed by atoms with Crippen molar-refractivity contribution in [1.29, 1.82) is 0 Å². The minimum atomic E-state index is -0.123. The fraction of sp³-hybridized carbons (Fsp3) is 0.250. The summed E-state index contributed by atoms with van der Waals surface area (Å²) in [7, 11) is 1.90. The third-order valence-electron chi connectivity index (χ3n) is 4.30. The summed E-state index contributed by atoms with van der Waals surface area (Å²) < 4.78 is 1.90. The molecule has 0 aliphatic rings. The van der Waals surface area contributed by atoms with Crippen molar-refractivity contribution in [2.45, 2.75) is 23.6 Å². The van der Waals surface area contributed by atoms with Crippen molar-refractivity contribution in [2.75, 3.05) is 11.1 Å². The van der Waals surface area contributed by atoms with E-state index in [2.05, 4.69) is 15.5 Å². The van der Waals surface area contributed by atoms with Crippen molar-refractivity contribution in [3.63, 3.8) is 0 Å². The van der Waals surface area contributed by atoms with Gasteiger partial charge < -0.3 is 9.88 Å². The highest BCUT2D eigenvalue weighted by Gasteiger charge is 2.13. The molecule has 0 bridgehead atoms. The van der Waals surface area contributed by atoms with E-state index in [9.17, 15) is 4.79 Å². The van der Waals surface area contributed by atoms with Crippen molar-refractivity contribution < 1.29 is 4.79 Å². The minimum Gasteiger partial charge on any atom is -0.325 e. The van der Waals surface area contributed by atoms with Gasteiger partial charge in [-0.3, -0.25) is 4.79 Å². The first kappa shape index (κ1) is 23.3. The number of amides is 1. The van der Waals surface area contributed by atoms with Crippen LogP contribution in [0.2, 0.25) is 15.1 Å². The molecule has 0 aliphatic heterocycles. The van der Waals surface area contributed by atoms with Crippen LogP contribution in [0.4, 0.5) is 5.69 Å². The largest absolute Gasteiger partial charge is 0.325 e. The zero-order valence-corrected chi connectivity index (χ0v) is 20.2. The Morgan fingerprint density at radius 2 is 1.90 bits per heavy atom. The fourth-order valence-electron chi connectivity index (χ4n) is 2.55. The van der Waals surface area contributed by atoms with Crippen molar-refractivity contribution >= 4 is 69.9 Å². The Kier molecular flexibility index (Phi) is 8.36. The highest BCUT2D eigenvalue weighted by molar-refractivity contribution is 7.99. The van der Waals surface area contributed by atoms with Crippen molar-refractivity contribution in [2.24, 2.45) is 7.05 Å². The SMILES string of the molecule is Cc1c(Cl)cccc1NC(=O)CSc1nnc(CSCc2ccc(Cl)cc2Cl)n1C. The van der Waals surface area contributed by atoms with Gasteiger partial charge in [0.25, 0.3) is 0 Å². The fourth-order valence-corrected chi connectivity index (χ4v) is 5.01. The molecule has 0 spiro atoms. The minimum absolute atomic E-state index is 0.123. The van der Waals surface area contributed by atoms with E-state index in [1.807, 2.05) is 42.8 Å². The van der Waals surface area contributed by atoms with E-state index in [4.69, 9.17) is 34.8 Å². The molecular weight excluding hydrogens is 483 g/mol. The molecule has 3 rings (SSSR count). The number of rotatable bonds is 8. The number of carbonyl (C=O) groups is 1. The molecule has 158 valence electrons. The molecule has 1 N–H and O–H groups in total. The zero-order valence-electron chi connectivity index (χ0n) is 16.3. The maximum Gasteiger partial charge on any atom is 0.234 e. The number of thioether (sulfide) groups is 2. The van der Waals surface area contributed by atoms with Crippen LogP contribution >= 0.6 is 58.3 Å². The molecule has 0 saturated carbocycles. The van der Waals surface area contributed by atoms with Gasteiger partial charge in [0.1, 0.15) is 5.82 Å². The summed E-state index contributed by atoms with van der Waals surface area (Å²) in [6, 6.07) is 10.9. The summed E-state index contributed by atoms with van der Waals surface area (Å²) in [5, 5.41) is 13.9. The maximum atomic E-state index is 12.3. The Labute approximate surface area is 198 Å². The lowest BCUT2D eigenvalue weighted by atomic mass is 10.2. The molecule has 5 nitrogen and oxygen atoms in total. The van der Waals surface area contributed by atoms with Crippen LogP contribution in [-0.4, -0.2) is 26.4 Å². The molecule has 30 heavy (non-hydrogen) atoms. The van der Waals surface area contributed by atoms with Gasteiger partial charge >= 0.3 is 0 Å². The highest BCUT2D eigenvalue weighted by atomic mass is 35.5. The summed E-state index contributed by atoms with van der Waals surface area (Å²) in [4.78, 5) is 12.3. The van der Waals surface area contributed by atoms with Crippen LogP contribution in [0.1, 0.15) is 17.0 Å². The Balaban J connectivity index is 1.51. The predicted octanol–water partition coefficient (Wildman–Crippen LogP) is 6.25. The molecule has 0 fully saturated rings. The lowest BCUT2D eigenvalue weighted by Gasteiger charge is -2.09. The van der Waals surface area contributed by atoms with Gasteiger partial charge in [-0.25, -0.2) is 0 Å². The van der Waals surface area contributed by atoms with Crippen molar-refractivity contribution in [3.8, 4) is 0 Å². The van der Waals surface area contributed by atoms with Crippen LogP contribution in [0, 0.1) is 6.92 Å². The normalized spacial score (nSPS) is 11.0. The van der Waals surface area contributed by atoms with E-state index >= 15 is 0 Å². The van der Waals surface area contributed by atoms with E-state index in [0.29, 0.717) is 31.7 Å². The molecule has 3 aromatic rings. The van der Waals surface area contributed by atoms with Crippen LogP contribution in [0.3, 0.4) is 0 Å². The number of benzene rings is 2. The second-order valence-corrected chi connectivity index (χ2v) is 9.61. The summed E-state index contributed by atoms with van der Waals surface area (Å²) in [6.45, 7) is 1.87. The first-order valence-corrected chi connectivity index (χ1v) is 12.2.